The van der Waals surface area contributed by atoms with Crippen LogP contribution in [0.1, 0.15) is 18.4 Å². The number of hydrogen-bond acceptors (Lipinski definition) is 3. The van der Waals surface area contributed by atoms with Gasteiger partial charge in [-0.2, -0.15) is 0 Å². The van der Waals surface area contributed by atoms with Gasteiger partial charge in [-0.05, 0) is 62.7 Å². The summed E-state index contributed by atoms with van der Waals surface area (Å²) in [4.78, 5) is 13.6. The van der Waals surface area contributed by atoms with Crippen LogP contribution in [0.15, 0.2) is 23.8 Å². The zero-order valence-electron chi connectivity index (χ0n) is 12.0. The van der Waals surface area contributed by atoms with Gasteiger partial charge in [0.05, 0.1) is 0 Å². The fourth-order valence-corrected chi connectivity index (χ4v) is 2.66. The van der Waals surface area contributed by atoms with Crippen LogP contribution in [0.5, 0.6) is 0 Å². The third kappa shape index (κ3) is 3.25. The van der Waals surface area contributed by atoms with Gasteiger partial charge in [0.15, 0.2) is 0 Å². The Hall–Kier alpha value is -1.68. The van der Waals surface area contributed by atoms with Crippen LogP contribution in [0.25, 0.3) is 6.08 Å². The maximum Gasteiger partial charge on any atom is 0.146 e. The van der Waals surface area contributed by atoms with Crippen LogP contribution in [0, 0.1) is 11.7 Å². The van der Waals surface area contributed by atoms with Gasteiger partial charge < -0.3 is 10.2 Å². The number of aldehydes is 1. The van der Waals surface area contributed by atoms with Crippen LogP contribution < -0.4 is 5.32 Å². The predicted octanol–water partition coefficient (Wildman–Crippen LogP) is 2.79. The first kappa shape index (κ1) is 14.7. The summed E-state index contributed by atoms with van der Waals surface area (Å²) in [5.74, 6) is -0.0721. The molecule has 2 rings (SSSR count). The second-order valence-corrected chi connectivity index (χ2v) is 5.29. The molecule has 0 aliphatic carbocycles. The van der Waals surface area contributed by atoms with Crippen molar-refractivity contribution >= 4 is 18.0 Å². The van der Waals surface area contributed by atoms with Gasteiger partial charge in [0.2, 0.25) is 0 Å². The maximum absolute atomic E-state index is 14.0. The number of rotatable bonds is 4. The van der Waals surface area contributed by atoms with E-state index < -0.39 is 0 Å². The Morgan fingerprint density at radius 2 is 2.10 bits per heavy atom. The molecule has 108 valence electrons. The predicted molar refractivity (Wildman–Crippen MR) is 80.2 cm³/mol. The monoisotopic (exact) mass is 276 g/mol. The molecule has 0 spiro atoms. The molecule has 1 N–H and O–H groups in total. The summed E-state index contributed by atoms with van der Waals surface area (Å²) in [6.45, 7) is 1.96. The van der Waals surface area contributed by atoms with Crippen molar-refractivity contribution in [2.75, 3.05) is 32.5 Å². The highest BCUT2D eigenvalue weighted by molar-refractivity contribution is 5.85. The lowest BCUT2D eigenvalue weighted by Crippen LogP contribution is -2.31. The lowest BCUT2D eigenvalue weighted by atomic mass is 9.88. The highest BCUT2D eigenvalue weighted by atomic mass is 19.1. The molecule has 1 aromatic carbocycles. The average molecular weight is 276 g/mol. The molecular weight excluding hydrogens is 255 g/mol. The van der Waals surface area contributed by atoms with Gasteiger partial charge in [0.25, 0.3) is 0 Å². The van der Waals surface area contributed by atoms with Crippen LogP contribution in [0.4, 0.5) is 10.1 Å². The number of halogens is 1. The summed E-state index contributed by atoms with van der Waals surface area (Å²) in [5, 5.41) is 2.97. The second-order valence-electron chi connectivity index (χ2n) is 5.29. The average Bonchev–Trinajstić information content (AvgIpc) is 2.47. The molecule has 1 saturated heterocycles. The number of carbonyl (C=O) groups is 1. The van der Waals surface area contributed by atoms with Gasteiger partial charge in [-0.3, -0.25) is 4.79 Å². The Morgan fingerprint density at radius 1 is 1.40 bits per heavy atom. The van der Waals surface area contributed by atoms with Crippen molar-refractivity contribution in [1.29, 1.82) is 0 Å². The molecule has 0 bridgehead atoms. The Balaban J connectivity index is 2.29. The van der Waals surface area contributed by atoms with Gasteiger partial charge in [-0.25, -0.2) is 4.39 Å². The first-order valence-electron chi connectivity index (χ1n) is 6.97. The molecule has 4 heteroatoms. The second kappa shape index (κ2) is 6.66. The van der Waals surface area contributed by atoms with E-state index in [9.17, 15) is 9.18 Å². The summed E-state index contributed by atoms with van der Waals surface area (Å²) < 4.78 is 14.0. The Morgan fingerprint density at radius 3 is 2.70 bits per heavy atom. The Bertz CT molecular complexity index is 505. The van der Waals surface area contributed by atoms with Gasteiger partial charge in [-0.1, -0.05) is 6.07 Å². The largest absolute Gasteiger partial charge is 0.388 e. The number of likely N-dealkylation sites (tertiary alicyclic amines) is 1. The van der Waals surface area contributed by atoms with Crippen molar-refractivity contribution in [2.24, 2.45) is 5.92 Å². The molecule has 1 aliphatic rings. The van der Waals surface area contributed by atoms with E-state index in [0.29, 0.717) is 16.8 Å². The number of nitrogens with one attached hydrogen (secondary N) is 1. The normalized spacial score (nSPS) is 18.1. The third-order valence-electron chi connectivity index (χ3n) is 3.96. The van der Waals surface area contributed by atoms with E-state index in [1.165, 1.54) is 6.07 Å². The quantitative estimate of drug-likeness (QED) is 0.678. The topological polar surface area (TPSA) is 32.3 Å². The number of nitrogens with zero attached hydrogens (tertiary/aromatic N) is 1. The zero-order valence-corrected chi connectivity index (χ0v) is 12.0. The molecule has 1 aromatic rings. The first-order valence-corrected chi connectivity index (χ1v) is 6.97. The molecule has 0 atom stereocenters. The molecule has 0 unspecified atom stereocenters. The molecule has 0 aromatic heterocycles. The fourth-order valence-electron chi connectivity index (χ4n) is 2.66. The smallest absolute Gasteiger partial charge is 0.146 e. The molecule has 20 heavy (non-hydrogen) atoms. The van der Waals surface area contributed by atoms with Crippen molar-refractivity contribution in [2.45, 2.75) is 12.8 Å². The highest BCUT2D eigenvalue weighted by Gasteiger charge is 2.20. The lowest BCUT2D eigenvalue weighted by molar-refractivity contribution is -0.105. The standard InChI is InChI=1S/C16H21FN2O/c1-18-16-5-3-4-15(17)14(16)10-13(11-20)12-6-8-19(2)9-7-12/h3-5,10-12,18H,6-9H2,1-2H3/b13-10+. The summed E-state index contributed by atoms with van der Waals surface area (Å²) >= 11 is 0. The van der Waals surface area contributed by atoms with Gasteiger partial charge >= 0.3 is 0 Å². The van der Waals surface area contributed by atoms with Crippen molar-refractivity contribution in [3.05, 3.63) is 35.2 Å². The van der Waals surface area contributed by atoms with Crippen LogP contribution in [-0.4, -0.2) is 38.4 Å². The van der Waals surface area contributed by atoms with E-state index in [4.69, 9.17) is 0 Å². The molecule has 0 radical (unpaired) electrons. The minimum Gasteiger partial charge on any atom is -0.388 e. The van der Waals surface area contributed by atoms with E-state index in [1.807, 2.05) is 6.07 Å². The molecule has 1 aliphatic heterocycles. The molecule has 0 saturated carbocycles. The Labute approximate surface area is 119 Å². The van der Waals surface area contributed by atoms with Crippen molar-refractivity contribution in [1.82, 2.24) is 4.90 Å². The fraction of sp³-hybridized carbons (Fsp3) is 0.438. The van der Waals surface area contributed by atoms with Gasteiger partial charge in [0.1, 0.15) is 12.1 Å². The van der Waals surface area contributed by atoms with Crippen LogP contribution in [0.3, 0.4) is 0 Å². The van der Waals surface area contributed by atoms with Crippen molar-refractivity contribution in [3.8, 4) is 0 Å². The van der Waals surface area contributed by atoms with Crippen molar-refractivity contribution < 1.29 is 9.18 Å². The SMILES string of the molecule is CNc1cccc(F)c1/C=C(\C=O)C1CCN(C)CC1. The maximum atomic E-state index is 14.0. The van der Waals surface area contributed by atoms with Gasteiger partial charge in [-0.15, -0.1) is 0 Å². The number of carbonyl (C=O) groups excluding carboxylic acids is 1. The molecule has 1 fully saturated rings. The van der Waals surface area contributed by atoms with Gasteiger partial charge in [0, 0.05) is 18.3 Å². The number of hydrogen-bond donors (Lipinski definition) is 1. The van der Waals surface area contributed by atoms with Crippen LogP contribution >= 0.6 is 0 Å². The molecular formula is C16H21FN2O. The third-order valence-corrected chi connectivity index (χ3v) is 3.96. The van der Waals surface area contributed by atoms with E-state index in [-0.39, 0.29) is 11.7 Å². The Kier molecular flexibility index (Phi) is 4.90. The number of anilines is 1. The highest BCUT2D eigenvalue weighted by Crippen LogP contribution is 2.28. The first-order chi connectivity index (χ1) is 9.65. The summed E-state index contributed by atoms with van der Waals surface area (Å²) in [5.41, 5.74) is 1.87. The van der Waals surface area contributed by atoms with Crippen molar-refractivity contribution in [3.63, 3.8) is 0 Å². The molecule has 0 amide bonds. The minimum atomic E-state index is -0.302. The van der Waals surface area contributed by atoms with E-state index in [1.54, 1.807) is 19.2 Å². The van der Waals surface area contributed by atoms with Crippen LogP contribution in [-0.2, 0) is 4.79 Å². The minimum absolute atomic E-state index is 0.230. The number of benzene rings is 1. The zero-order chi connectivity index (χ0) is 14.5. The lowest BCUT2D eigenvalue weighted by Gasteiger charge is -2.29. The van der Waals surface area contributed by atoms with E-state index in [2.05, 4.69) is 17.3 Å². The van der Waals surface area contributed by atoms with Crippen LogP contribution in [0.2, 0.25) is 0 Å². The number of piperidine rings is 1. The summed E-state index contributed by atoms with van der Waals surface area (Å²) in [6.07, 6.45) is 4.47. The molecule has 1 heterocycles. The number of allylic oxidation sites excluding steroid dienone is 1. The summed E-state index contributed by atoms with van der Waals surface area (Å²) in [7, 11) is 3.83. The molecule has 3 nitrogen and oxygen atoms in total. The van der Waals surface area contributed by atoms with E-state index in [0.717, 1.165) is 32.2 Å². The van der Waals surface area contributed by atoms with E-state index >= 15 is 0 Å². The summed E-state index contributed by atoms with van der Waals surface area (Å²) in [6, 6.07) is 4.89.